The summed E-state index contributed by atoms with van der Waals surface area (Å²) in [6, 6.07) is -5.97. The zero-order chi connectivity index (χ0) is 22.7. The number of hydrogen-bond donors (Lipinski definition) is 8. The van der Waals surface area contributed by atoms with Gasteiger partial charge in [-0.05, 0) is 13.3 Å². The highest BCUT2D eigenvalue weighted by Gasteiger charge is 2.30. The summed E-state index contributed by atoms with van der Waals surface area (Å²) in [5.41, 5.74) is 5.28. The molecule has 14 nitrogen and oxygen atoms in total. The zero-order valence-corrected chi connectivity index (χ0v) is 15.5. The maximum Gasteiger partial charge on any atom is 0.325 e. The number of nitrogens with one attached hydrogen (secondary N) is 3. The Morgan fingerprint density at radius 2 is 1.34 bits per heavy atom. The molecule has 0 aromatic heterocycles. The molecule has 0 saturated carbocycles. The van der Waals surface area contributed by atoms with E-state index in [0.717, 1.165) is 6.92 Å². The van der Waals surface area contributed by atoms with Crippen molar-refractivity contribution in [2.75, 3.05) is 6.61 Å². The largest absolute Gasteiger partial charge is 0.481 e. The van der Waals surface area contributed by atoms with Crippen molar-refractivity contribution >= 4 is 35.6 Å². The van der Waals surface area contributed by atoms with E-state index in [9.17, 15) is 28.8 Å². The lowest BCUT2D eigenvalue weighted by Gasteiger charge is -2.23. The monoisotopic (exact) mass is 420 g/mol. The van der Waals surface area contributed by atoms with Crippen LogP contribution in [0.25, 0.3) is 0 Å². The molecule has 0 rings (SSSR count). The molecule has 29 heavy (non-hydrogen) atoms. The molecule has 4 unspecified atom stereocenters. The van der Waals surface area contributed by atoms with Gasteiger partial charge in [-0.25, -0.2) is 0 Å². The fraction of sp³-hybridized carbons (Fsp3) is 0.600. The average Bonchev–Trinajstić information content (AvgIpc) is 2.62. The number of carboxylic acids is 3. The third-order valence-electron chi connectivity index (χ3n) is 3.55. The van der Waals surface area contributed by atoms with E-state index < -0.39 is 85.7 Å². The zero-order valence-electron chi connectivity index (χ0n) is 15.5. The quantitative estimate of drug-likeness (QED) is 0.143. The minimum absolute atomic E-state index is 0.427. The number of aliphatic hydroxyl groups excluding tert-OH is 1. The first kappa shape index (κ1) is 25.7. The minimum atomic E-state index is -1.69. The van der Waals surface area contributed by atoms with E-state index >= 15 is 0 Å². The number of aliphatic carboxylic acids is 3. The molecular weight excluding hydrogens is 396 g/mol. The second-order valence-corrected chi connectivity index (χ2v) is 6.01. The molecule has 4 atom stereocenters. The molecule has 3 amide bonds. The van der Waals surface area contributed by atoms with Gasteiger partial charge in [-0.1, -0.05) is 0 Å². The lowest BCUT2D eigenvalue weighted by Crippen LogP contribution is -2.57. The SMILES string of the molecule is CC(NC(=O)C(CCC(=O)O)NC(=O)C(CC(=O)O)NC(=O)C(N)CO)C(=O)O. The standard InChI is InChI=1S/C15H24N4O10/c1-6(15(28)29)17-13(26)8(2-3-10(21)22)18-14(27)9(4-11(23)24)19-12(25)7(16)5-20/h6-9,20H,2-5,16H2,1H3,(H,17,26)(H,18,27)(H,19,25)(H,21,22)(H,23,24)(H,28,29). The van der Waals surface area contributed by atoms with E-state index in [1.54, 1.807) is 0 Å². The predicted molar refractivity (Wildman–Crippen MR) is 93.3 cm³/mol. The van der Waals surface area contributed by atoms with E-state index in [0.29, 0.717) is 0 Å². The summed E-state index contributed by atoms with van der Waals surface area (Å²) >= 11 is 0. The van der Waals surface area contributed by atoms with Crippen LogP contribution in [0.4, 0.5) is 0 Å². The van der Waals surface area contributed by atoms with Gasteiger partial charge in [0.2, 0.25) is 17.7 Å². The van der Waals surface area contributed by atoms with Gasteiger partial charge >= 0.3 is 17.9 Å². The molecule has 0 bridgehead atoms. The van der Waals surface area contributed by atoms with Crippen molar-refractivity contribution in [3.05, 3.63) is 0 Å². The first-order valence-corrected chi connectivity index (χ1v) is 8.33. The highest BCUT2D eigenvalue weighted by Crippen LogP contribution is 2.02. The van der Waals surface area contributed by atoms with Crippen LogP contribution < -0.4 is 21.7 Å². The van der Waals surface area contributed by atoms with Crippen molar-refractivity contribution in [2.24, 2.45) is 5.73 Å². The van der Waals surface area contributed by atoms with Crippen LogP contribution in [0, 0.1) is 0 Å². The Kier molecular flexibility index (Phi) is 10.9. The van der Waals surface area contributed by atoms with Crippen LogP contribution >= 0.6 is 0 Å². The maximum atomic E-state index is 12.4. The molecule has 0 aliphatic heterocycles. The molecule has 0 spiro atoms. The smallest absolute Gasteiger partial charge is 0.325 e. The van der Waals surface area contributed by atoms with Gasteiger partial charge in [-0.15, -0.1) is 0 Å². The molecule has 0 aliphatic rings. The molecule has 164 valence electrons. The fourth-order valence-electron chi connectivity index (χ4n) is 1.93. The van der Waals surface area contributed by atoms with Crippen LogP contribution in [-0.2, 0) is 28.8 Å². The van der Waals surface area contributed by atoms with Crippen molar-refractivity contribution < 1.29 is 49.2 Å². The highest BCUT2D eigenvalue weighted by atomic mass is 16.4. The molecular formula is C15H24N4O10. The topological polar surface area (TPSA) is 245 Å². The summed E-state index contributed by atoms with van der Waals surface area (Å²) in [4.78, 5) is 68.9. The molecule has 0 aliphatic carbocycles. The van der Waals surface area contributed by atoms with Gasteiger partial charge in [0.15, 0.2) is 0 Å². The highest BCUT2D eigenvalue weighted by molar-refractivity contribution is 5.95. The van der Waals surface area contributed by atoms with Gasteiger partial charge in [0.05, 0.1) is 13.0 Å². The number of carbonyl (C=O) groups is 6. The van der Waals surface area contributed by atoms with Crippen molar-refractivity contribution in [3.63, 3.8) is 0 Å². The van der Waals surface area contributed by atoms with E-state index in [1.807, 2.05) is 5.32 Å². The summed E-state index contributed by atoms with van der Waals surface area (Å²) in [5, 5.41) is 41.5. The first-order chi connectivity index (χ1) is 13.4. The Balaban J connectivity index is 5.38. The summed E-state index contributed by atoms with van der Waals surface area (Å²) in [6.07, 6.45) is -1.89. The Hall–Kier alpha value is -3.26. The average molecular weight is 420 g/mol. The number of hydrogen-bond acceptors (Lipinski definition) is 8. The van der Waals surface area contributed by atoms with Gasteiger partial charge in [0.1, 0.15) is 24.2 Å². The van der Waals surface area contributed by atoms with Crippen LogP contribution in [0.5, 0.6) is 0 Å². The maximum absolute atomic E-state index is 12.4. The first-order valence-electron chi connectivity index (χ1n) is 8.33. The summed E-state index contributed by atoms with van der Waals surface area (Å²) in [5.74, 6) is -7.33. The lowest BCUT2D eigenvalue weighted by atomic mass is 10.1. The Morgan fingerprint density at radius 1 is 0.828 bits per heavy atom. The van der Waals surface area contributed by atoms with E-state index in [2.05, 4.69) is 10.6 Å². The fourth-order valence-corrected chi connectivity index (χ4v) is 1.93. The van der Waals surface area contributed by atoms with Crippen molar-refractivity contribution in [2.45, 2.75) is 50.4 Å². The summed E-state index contributed by atoms with van der Waals surface area (Å²) in [6.45, 7) is 0.365. The molecule has 0 radical (unpaired) electrons. The van der Waals surface area contributed by atoms with Crippen LogP contribution in [0.1, 0.15) is 26.2 Å². The van der Waals surface area contributed by atoms with Crippen LogP contribution in [0.15, 0.2) is 0 Å². The number of amides is 3. The summed E-state index contributed by atoms with van der Waals surface area (Å²) < 4.78 is 0. The van der Waals surface area contributed by atoms with Crippen LogP contribution in [-0.4, -0.2) is 86.8 Å². The van der Waals surface area contributed by atoms with E-state index in [1.165, 1.54) is 0 Å². The predicted octanol–water partition coefficient (Wildman–Crippen LogP) is -3.80. The van der Waals surface area contributed by atoms with Gasteiger partial charge in [-0.3, -0.25) is 28.8 Å². The molecule has 0 fully saturated rings. The number of carboxylic acid groups (broad SMARTS) is 3. The molecule has 0 aromatic carbocycles. The third-order valence-corrected chi connectivity index (χ3v) is 3.55. The second-order valence-electron chi connectivity index (χ2n) is 6.01. The minimum Gasteiger partial charge on any atom is -0.481 e. The Bertz CT molecular complexity index is 653. The number of rotatable bonds is 13. The summed E-state index contributed by atoms with van der Waals surface area (Å²) in [7, 11) is 0. The van der Waals surface area contributed by atoms with Crippen molar-refractivity contribution in [1.82, 2.24) is 16.0 Å². The Morgan fingerprint density at radius 3 is 1.79 bits per heavy atom. The van der Waals surface area contributed by atoms with Gasteiger partial charge in [-0.2, -0.15) is 0 Å². The Labute approximate surface area is 164 Å². The second kappa shape index (κ2) is 12.2. The van der Waals surface area contributed by atoms with Crippen LogP contribution in [0.2, 0.25) is 0 Å². The number of aliphatic hydroxyl groups is 1. The van der Waals surface area contributed by atoms with E-state index in [-0.39, 0.29) is 0 Å². The molecule has 0 aromatic rings. The van der Waals surface area contributed by atoms with Gasteiger partial charge in [0.25, 0.3) is 0 Å². The molecule has 0 saturated heterocycles. The lowest BCUT2D eigenvalue weighted by molar-refractivity contribution is -0.143. The van der Waals surface area contributed by atoms with E-state index in [4.69, 9.17) is 26.2 Å². The normalized spacial score (nSPS) is 14.6. The van der Waals surface area contributed by atoms with Gasteiger partial charge < -0.3 is 42.1 Å². The molecule has 14 heteroatoms. The van der Waals surface area contributed by atoms with Gasteiger partial charge in [0, 0.05) is 6.42 Å². The van der Waals surface area contributed by atoms with Crippen LogP contribution in [0.3, 0.4) is 0 Å². The number of carbonyl (C=O) groups excluding carboxylic acids is 3. The third kappa shape index (κ3) is 10.0. The van der Waals surface area contributed by atoms with Crippen molar-refractivity contribution in [3.8, 4) is 0 Å². The molecule has 9 N–H and O–H groups in total. The number of nitrogens with two attached hydrogens (primary N) is 1. The molecule has 0 heterocycles. The van der Waals surface area contributed by atoms with Crippen molar-refractivity contribution in [1.29, 1.82) is 0 Å².